The number of benzene rings is 2. The quantitative estimate of drug-likeness (QED) is 0.369. The van der Waals surface area contributed by atoms with Crippen molar-refractivity contribution >= 4 is 53.2 Å². The van der Waals surface area contributed by atoms with Crippen molar-refractivity contribution in [1.82, 2.24) is 14.5 Å². The molecule has 1 amide bonds. The van der Waals surface area contributed by atoms with Crippen LogP contribution >= 0.6 is 22.9 Å². The maximum Gasteiger partial charge on any atom is 0.262 e. The van der Waals surface area contributed by atoms with Gasteiger partial charge >= 0.3 is 0 Å². The van der Waals surface area contributed by atoms with Gasteiger partial charge in [-0.15, -0.1) is 11.3 Å². The molecule has 1 atom stereocenters. The predicted octanol–water partition coefficient (Wildman–Crippen LogP) is 4.25. The van der Waals surface area contributed by atoms with E-state index in [4.69, 9.17) is 34.7 Å². The smallest absolute Gasteiger partial charge is 0.262 e. The number of aromatic nitrogens is 2. The molecule has 0 spiro atoms. The summed E-state index contributed by atoms with van der Waals surface area (Å²) in [6.07, 6.45) is 3.29. The molecule has 4 aromatic rings. The number of amides is 1. The van der Waals surface area contributed by atoms with Crippen molar-refractivity contribution < 1.29 is 14.3 Å². The van der Waals surface area contributed by atoms with Crippen LogP contribution in [0, 0.1) is 0 Å². The normalized spacial score (nSPS) is 15.8. The minimum absolute atomic E-state index is 0.131. The van der Waals surface area contributed by atoms with Crippen LogP contribution in [0.1, 0.15) is 41.1 Å². The molecule has 3 heterocycles. The number of imidazole rings is 1. The van der Waals surface area contributed by atoms with Crippen molar-refractivity contribution in [3.05, 3.63) is 64.3 Å². The monoisotopic (exact) mass is 520 g/mol. The summed E-state index contributed by atoms with van der Waals surface area (Å²) in [4.78, 5) is 19.3. The second-order valence-electron chi connectivity index (χ2n) is 9.04. The molecule has 1 saturated heterocycles. The van der Waals surface area contributed by atoms with Crippen molar-refractivity contribution in [3.8, 4) is 16.5 Å². The Morgan fingerprint density at radius 3 is 2.75 bits per heavy atom. The number of thiophene rings is 1. The fourth-order valence-corrected chi connectivity index (χ4v) is 5.67. The van der Waals surface area contributed by atoms with E-state index in [9.17, 15) is 4.79 Å². The van der Waals surface area contributed by atoms with Crippen LogP contribution in [0.2, 0.25) is 5.02 Å². The Labute approximate surface area is 220 Å². The number of piperidine rings is 1. The molecule has 0 saturated carbocycles. The summed E-state index contributed by atoms with van der Waals surface area (Å²) in [6, 6.07) is 13.0. The average Bonchev–Trinajstić information content (AvgIpc) is 3.45. The van der Waals surface area contributed by atoms with Crippen molar-refractivity contribution in [1.29, 1.82) is 0 Å². The third-order valence-electron chi connectivity index (χ3n) is 6.41. The Bertz CT molecular complexity index is 1410. The first-order valence-electron chi connectivity index (χ1n) is 11.8. The molecule has 2 N–H and O–H groups in total. The standard InChI is InChI=1S/C26H26BClN4O3S/c1-15(18-4-3-5-21(24(18)28)35-17-8-10-31(2)11-9-17)34-22-13-23(36-25(22)26(29)33)32-14-30-19-12-16(27)6-7-20(19)32/h3-7,12-15,17H,8-11H2,1-2H3,(H2,29,33)/t15-/m1/s1. The zero-order valence-electron chi connectivity index (χ0n) is 20.1. The van der Waals surface area contributed by atoms with Crippen molar-refractivity contribution in [2.24, 2.45) is 5.73 Å². The molecule has 0 bridgehead atoms. The molecule has 10 heteroatoms. The molecule has 2 radical (unpaired) electrons. The number of primary amides is 1. The van der Waals surface area contributed by atoms with E-state index in [1.807, 2.05) is 41.8 Å². The Kier molecular flexibility index (Phi) is 6.97. The number of likely N-dealkylation sites (tertiary alicyclic amines) is 1. The lowest BCUT2D eigenvalue weighted by atomic mass is 9.96. The number of hydrogen-bond acceptors (Lipinski definition) is 6. The predicted molar refractivity (Wildman–Crippen MR) is 144 cm³/mol. The van der Waals surface area contributed by atoms with Gasteiger partial charge in [0.2, 0.25) is 0 Å². The van der Waals surface area contributed by atoms with Crippen LogP contribution in [-0.4, -0.2) is 54.4 Å². The van der Waals surface area contributed by atoms with Gasteiger partial charge in [-0.3, -0.25) is 9.36 Å². The summed E-state index contributed by atoms with van der Waals surface area (Å²) < 4.78 is 14.4. The molecule has 0 unspecified atom stereocenters. The van der Waals surface area contributed by atoms with Crippen molar-refractivity contribution in [3.63, 3.8) is 0 Å². The van der Waals surface area contributed by atoms with Crippen molar-refractivity contribution in [2.75, 3.05) is 20.1 Å². The number of carbonyl (C=O) groups excluding carboxylic acids is 1. The lowest BCUT2D eigenvalue weighted by Crippen LogP contribution is -2.35. The van der Waals surface area contributed by atoms with Crippen LogP contribution in [0.15, 0.2) is 48.8 Å². The van der Waals surface area contributed by atoms with Gasteiger partial charge in [-0.1, -0.05) is 35.3 Å². The minimum Gasteiger partial charge on any atom is -0.489 e. The number of nitrogens with two attached hydrogens (primary N) is 1. The first-order valence-corrected chi connectivity index (χ1v) is 13.0. The van der Waals surface area contributed by atoms with Gasteiger partial charge in [0.25, 0.3) is 5.91 Å². The molecule has 7 nitrogen and oxygen atoms in total. The number of rotatable bonds is 7. The molecule has 5 rings (SSSR count). The maximum atomic E-state index is 12.3. The second kappa shape index (κ2) is 10.2. The highest BCUT2D eigenvalue weighted by molar-refractivity contribution is 7.16. The molecule has 2 aromatic heterocycles. The van der Waals surface area contributed by atoms with E-state index in [2.05, 4.69) is 16.9 Å². The number of fused-ring (bicyclic) bond motifs is 1. The molecular weight excluding hydrogens is 495 g/mol. The summed E-state index contributed by atoms with van der Waals surface area (Å²) in [6.45, 7) is 3.88. The van der Waals surface area contributed by atoms with Gasteiger partial charge in [0.05, 0.1) is 16.1 Å². The van der Waals surface area contributed by atoms with Gasteiger partial charge in [-0.2, -0.15) is 0 Å². The van der Waals surface area contributed by atoms with Crippen LogP contribution in [0.25, 0.3) is 16.0 Å². The van der Waals surface area contributed by atoms with Crippen LogP contribution < -0.4 is 20.7 Å². The van der Waals surface area contributed by atoms with Crippen LogP contribution in [0.4, 0.5) is 0 Å². The summed E-state index contributed by atoms with van der Waals surface area (Å²) in [5, 5.41) is 1.27. The summed E-state index contributed by atoms with van der Waals surface area (Å²) >= 11 is 8.00. The molecule has 1 aliphatic heterocycles. The average molecular weight is 521 g/mol. The van der Waals surface area contributed by atoms with E-state index in [-0.39, 0.29) is 6.10 Å². The van der Waals surface area contributed by atoms with Gasteiger partial charge in [0.1, 0.15) is 47.8 Å². The zero-order chi connectivity index (χ0) is 25.4. The van der Waals surface area contributed by atoms with E-state index in [1.165, 1.54) is 11.3 Å². The maximum absolute atomic E-state index is 12.3. The van der Waals surface area contributed by atoms with E-state index in [0.717, 1.165) is 47.5 Å². The van der Waals surface area contributed by atoms with Crippen LogP contribution in [0.3, 0.4) is 0 Å². The third kappa shape index (κ3) is 4.96. The molecule has 36 heavy (non-hydrogen) atoms. The highest BCUT2D eigenvalue weighted by Crippen LogP contribution is 2.39. The number of ether oxygens (including phenoxy) is 2. The second-order valence-corrected chi connectivity index (χ2v) is 10.5. The van der Waals surface area contributed by atoms with E-state index >= 15 is 0 Å². The molecule has 1 fully saturated rings. The minimum atomic E-state index is -0.562. The number of hydrogen-bond donors (Lipinski definition) is 1. The number of halogens is 1. The van der Waals surface area contributed by atoms with Crippen LogP contribution in [0.5, 0.6) is 11.5 Å². The molecule has 1 aliphatic rings. The summed E-state index contributed by atoms with van der Waals surface area (Å²) in [5.41, 5.74) is 8.72. The highest BCUT2D eigenvalue weighted by Gasteiger charge is 2.24. The molecule has 2 aromatic carbocycles. The Balaban J connectivity index is 1.40. The number of carbonyl (C=O) groups is 1. The fraction of sp³-hybridized carbons (Fsp3) is 0.308. The van der Waals surface area contributed by atoms with E-state index < -0.39 is 12.0 Å². The van der Waals surface area contributed by atoms with Crippen LogP contribution in [-0.2, 0) is 0 Å². The summed E-state index contributed by atoms with van der Waals surface area (Å²) in [7, 11) is 8.00. The van der Waals surface area contributed by atoms with Gasteiger partial charge in [0, 0.05) is 24.7 Å². The topological polar surface area (TPSA) is 82.6 Å². The molecule has 184 valence electrons. The van der Waals surface area contributed by atoms with Gasteiger partial charge < -0.3 is 20.1 Å². The first kappa shape index (κ1) is 24.7. The SMILES string of the molecule is [B]c1ccc2c(c1)ncn2-c1cc(O[C@H](C)c2cccc(OC3CCN(C)CC3)c2Cl)c(C(N)=O)s1. The lowest BCUT2D eigenvalue weighted by molar-refractivity contribution is 0.0998. The Hall–Kier alpha value is -3.01. The number of nitrogens with zero attached hydrogens (tertiary/aromatic N) is 3. The van der Waals surface area contributed by atoms with E-state index in [1.54, 1.807) is 18.5 Å². The van der Waals surface area contributed by atoms with Gasteiger partial charge in [-0.05, 0) is 45.0 Å². The van der Waals surface area contributed by atoms with Gasteiger partial charge in [0.15, 0.2) is 0 Å². The van der Waals surface area contributed by atoms with E-state index in [0.29, 0.717) is 26.9 Å². The Morgan fingerprint density at radius 1 is 1.22 bits per heavy atom. The molecular formula is C26H26BClN4O3S. The Morgan fingerprint density at radius 2 is 2.00 bits per heavy atom. The fourth-order valence-electron chi connectivity index (χ4n) is 4.41. The third-order valence-corrected chi connectivity index (χ3v) is 7.95. The molecule has 0 aliphatic carbocycles. The first-order chi connectivity index (χ1) is 17.3. The lowest BCUT2D eigenvalue weighted by Gasteiger charge is -2.30. The van der Waals surface area contributed by atoms with Crippen molar-refractivity contribution in [2.45, 2.75) is 32.0 Å². The summed E-state index contributed by atoms with van der Waals surface area (Å²) in [5.74, 6) is 0.474. The van der Waals surface area contributed by atoms with Gasteiger partial charge in [-0.25, -0.2) is 4.98 Å². The highest BCUT2D eigenvalue weighted by atomic mass is 35.5. The largest absolute Gasteiger partial charge is 0.489 e. The zero-order valence-corrected chi connectivity index (χ0v) is 21.7.